The zero-order chi connectivity index (χ0) is 18.0. The predicted molar refractivity (Wildman–Crippen MR) is 86.4 cm³/mol. The van der Waals surface area contributed by atoms with E-state index in [0.29, 0.717) is 19.3 Å². The van der Waals surface area contributed by atoms with E-state index < -0.39 is 31.1 Å². The molecule has 134 valence electrons. The number of nitrogens with one attached hydrogen (secondary N) is 1. The van der Waals surface area contributed by atoms with Gasteiger partial charge in [-0.25, -0.2) is 0 Å². The van der Waals surface area contributed by atoms with Crippen LogP contribution in [0.25, 0.3) is 0 Å². The Morgan fingerprint density at radius 1 is 1.30 bits per heavy atom. The van der Waals surface area contributed by atoms with E-state index in [2.05, 4.69) is 5.32 Å². The maximum absolute atomic E-state index is 11.6. The molecule has 0 aromatic rings. The molecule has 1 aliphatic carbocycles. The lowest BCUT2D eigenvalue weighted by molar-refractivity contribution is -0.145. The molecule has 0 bridgehead atoms. The number of carboxylic acid groups (broad SMARTS) is 1. The van der Waals surface area contributed by atoms with Crippen molar-refractivity contribution in [2.24, 2.45) is 17.6 Å². The van der Waals surface area contributed by atoms with Crippen LogP contribution in [0, 0.1) is 11.8 Å². The molecule has 9 heteroatoms. The average Bonchev–Trinajstić information content (AvgIpc) is 2.52. The molecule has 0 radical (unpaired) electrons. The summed E-state index contributed by atoms with van der Waals surface area (Å²) in [6.07, 6.45) is 2.90. The van der Waals surface area contributed by atoms with Crippen LogP contribution in [0.4, 0.5) is 0 Å². The van der Waals surface area contributed by atoms with Crippen molar-refractivity contribution in [3.63, 3.8) is 0 Å². The van der Waals surface area contributed by atoms with E-state index in [1.807, 2.05) is 0 Å². The number of hydrogen-bond acceptors (Lipinski definition) is 6. The summed E-state index contributed by atoms with van der Waals surface area (Å²) in [6.45, 7) is 3.46. The smallest absolute Gasteiger partial charge is 0.451 e. The molecule has 4 unspecified atom stereocenters. The fraction of sp³-hybridized carbons (Fsp3) is 0.857. The number of carbonyl (C=O) groups excluding carboxylic acids is 1. The van der Waals surface area contributed by atoms with E-state index in [4.69, 9.17) is 20.9 Å². The molecular weight excluding hydrogens is 303 g/mol. The van der Waals surface area contributed by atoms with Gasteiger partial charge in [0.15, 0.2) is 0 Å². The topological polar surface area (TPSA) is 153 Å². The molecule has 0 spiro atoms. The van der Waals surface area contributed by atoms with E-state index in [-0.39, 0.29) is 11.8 Å². The number of carbonyl (C=O) groups is 2. The molecule has 8 nitrogen and oxygen atoms in total. The number of nitrogens with two attached hydrogens (primary N) is 1. The highest BCUT2D eigenvalue weighted by Gasteiger charge is 2.31. The maximum atomic E-state index is 11.6. The molecule has 23 heavy (non-hydrogen) atoms. The van der Waals surface area contributed by atoms with Crippen molar-refractivity contribution in [1.29, 1.82) is 0 Å². The molecule has 7 N–H and O–H groups in total. The van der Waals surface area contributed by atoms with Crippen LogP contribution in [0.2, 0.25) is 6.32 Å². The minimum absolute atomic E-state index is 0.0404. The Morgan fingerprint density at radius 2 is 1.83 bits per heavy atom. The summed E-state index contributed by atoms with van der Waals surface area (Å²) in [7, 11) is -1.12. The quantitative estimate of drug-likeness (QED) is 0.347. The van der Waals surface area contributed by atoms with Crippen molar-refractivity contribution in [2.45, 2.75) is 58.0 Å². The third-order valence-corrected chi connectivity index (χ3v) is 3.95. The van der Waals surface area contributed by atoms with Crippen molar-refractivity contribution in [2.75, 3.05) is 6.54 Å². The Hall–Kier alpha value is -1.16. The van der Waals surface area contributed by atoms with Crippen LogP contribution < -0.4 is 11.1 Å². The second-order valence-corrected chi connectivity index (χ2v) is 5.89. The second kappa shape index (κ2) is 11.4. The van der Waals surface area contributed by atoms with Gasteiger partial charge >= 0.3 is 13.1 Å². The Kier molecular flexibility index (Phi) is 10.8. The van der Waals surface area contributed by atoms with Crippen LogP contribution in [-0.2, 0) is 9.59 Å². The molecule has 1 rings (SSSR count). The number of aliphatic hydroxyl groups is 1. The van der Waals surface area contributed by atoms with Gasteiger partial charge in [0.25, 0.3) is 0 Å². The molecule has 0 aliphatic heterocycles. The van der Waals surface area contributed by atoms with Gasteiger partial charge < -0.3 is 31.3 Å². The van der Waals surface area contributed by atoms with Crippen LogP contribution in [0.15, 0.2) is 0 Å². The normalized spacial score (nSPS) is 23.0. The monoisotopic (exact) mass is 332 g/mol. The Bertz CT molecular complexity index is 367. The van der Waals surface area contributed by atoms with Crippen molar-refractivity contribution in [3.05, 3.63) is 0 Å². The fourth-order valence-electron chi connectivity index (χ4n) is 2.35. The van der Waals surface area contributed by atoms with E-state index in [1.165, 1.54) is 6.92 Å². The minimum Gasteiger partial charge on any atom is -0.481 e. The summed E-state index contributed by atoms with van der Waals surface area (Å²) >= 11 is 0. The van der Waals surface area contributed by atoms with Gasteiger partial charge in [-0.1, -0.05) is 19.8 Å². The van der Waals surface area contributed by atoms with Crippen molar-refractivity contribution in [1.82, 2.24) is 5.32 Å². The zero-order valence-electron chi connectivity index (χ0n) is 13.8. The van der Waals surface area contributed by atoms with Crippen LogP contribution in [0.1, 0.15) is 39.5 Å². The molecular formula is C14H29BN2O6. The number of aliphatic hydroxyl groups excluding tert-OH is 1. The van der Waals surface area contributed by atoms with Gasteiger partial charge in [-0.2, -0.15) is 0 Å². The highest BCUT2D eigenvalue weighted by Crippen LogP contribution is 2.29. The van der Waals surface area contributed by atoms with Gasteiger partial charge in [-0.3, -0.25) is 9.59 Å². The predicted octanol–water partition coefficient (Wildman–Crippen LogP) is -0.819. The molecule has 1 fully saturated rings. The lowest BCUT2D eigenvalue weighted by Crippen LogP contribution is -2.49. The van der Waals surface area contributed by atoms with Gasteiger partial charge in [0.05, 0.1) is 12.0 Å². The fourth-order valence-corrected chi connectivity index (χ4v) is 2.35. The van der Waals surface area contributed by atoms with Crippen LogP contribution in [0.5, 0.6) is 0 Å². The number of amides is 1. The van der Waals surface area contributed by atoms with Gasteiger partial charge in [-0.05, 0) is 32.0 Å². The first-order valence-corrected chi connectivity index (χ1v) is 8.00. The Labute approximate surface area is 137 Å². The van der Waals surface area contributed by atoms with E-state index in [1.54, 1.807) is 6.92 Å². The van der Waals surface area contributed by atoms with Gasteiger partial charge in [0, 0.05) is 6.54 Å². The number of rotatable bonds is 6. The van der Waals surface area contributed by atoms with Crippen molar-refractivity contribution in [3.8, 4) is 0 Å². The lowest BCUT2D eigenvalue weighted by Gasteiger charge is -2.29. The van der Waals surface area contributed by atoms with Crippen molar-refractivity contribution < 1.29 is 29.9 Å². The van der Waals surface area contributed by atoms with E-state index in [9.17, 15) is 14.7 Å². The van der Waals surface area contributed by atoms with E-state index in [0.717, 1.165) is 19.3 Å². The molecule has 1 saturated carbocycles. The molecule has 1 amide bonds. The Balaban J connectivity index is 0.000000841. The molecule has 0 saturated heterocycles. The summed E-state index contributed by atoms with van der Waals surface area (Å²) in [4.78, 5) is 22.6. The van der Waals surface area contributed by atoms with Gasteiger partial charge in [-0.15, -0.1) is 0 Å². The highest BCUT2D eigenvalue weighted by molar-refractivity contribution is 6.40. The first kappa shape index (κ1) is 21.8. The summed E-state index contributed by atoms with van der Waals surface area (Å²) in [5, 5.41) is 36.7. The summed E-state index contributed by atoms with van der Waals surface area (Å²) in [5.74, 6) is -1.66. The van der Waals surface area contributed by atoms with Gasteiger partial charge in [0.2, 0.25) is 5.91 Å². The highest BCUT2D eigenvalue weighted by atomic mass is 16.4. The lowest BCUT2D eigenvalue weighted by atomic mass is 9.79. The maximum Gasteiger partial charge on any atom is 0.451 e. The molecule has 0 aromatic heterocycles. The van der Waals surface area contributed by atoms with Crippen LogP contribution >= 0.6 is 0 Å². The number of carboxylic acids is 1. The SMILES string of the molecule is CC(O)C(N)C(=O)NCC1CCCCC1C(=O)O.CCB(O)O. The second-order valence-electron chi connectivity index (χ2n) is 5.89. The van der Waals surface area contributed by atoms with Crippen LogP contribution in [-0.4, -0.2) is 57.9 Å². The van der Waals surface area contributed by atoms with Crippen molar-refractivity contribution >= 4 is 19.0 Å². The Morgan fingerprint density at radius 3 is 2.26 bits per heavy atom. The first-order chi connectivity index (χ1) is 10.7. The minimum atomic E-state index is -1.12. The summed E-state index contributed by atoms with van der Waals surface area (Å²) < 4.78 is 0. The molecule has 4 atom stereocenters. The average molecular weight is 332 g/mol. The first-order valence-electron chi connectivity index (χ1n) is 8.00. The third-order valence-electron chi connectivity index (χ3n) is 3.95. The largest absolute Gasteiger partial charge is 0.481 e. The molecule has 0 heterocycles. The standard InChI is InChI=1S/C12H22N2O4.C2H7BO2/c1-7(15)10(13)11(16)14-6-8-4-2-3-5-9(8)12(17)18;1-2-3(4)5/h7-10,15H,2-6,13H2,1H3,(H,14,16)(H,17,18);4-5H,2H2,1H3. The number of aliphatic carboxylic acids is 1. The number of hydrogen-bond donors (Lipinski definition) is 6. The zero-order valence-corrected chi connectivity index (χ0v) is 13.8. The molecule has 1 aliphatic rings. The third kappa shape index (κ3) is 8.90. The van der Waals surface area contributed by atoms with Gasteiger partial charge in [0.1, 0.15) is 6.04 Å². The van der Waals surface area contributed by atoms with E-state index >= 15 is 0 Å². The summed E-state index contributed by atoms with van der Waals surface area (Å²) in [6, 6.07) is -0.961. The van der Waals surface area contributed by atoms with Crippen LogP contribution in [0.3, 0.4) is 0 Å². The summed E-state index contributed by atoms with van der Waals surface area (Å²) in [5.41, 5.74) is 5.49. The molecule has 0 aromatic carbocycles.